The third-order valence-electron chi connectivity index (χ3n) is 9.09. The highest BCUT2D eigenvalue weighted by atomic mass is 16.5. The van der Waals surface area contributed by atoms with Crippen molar-refractivity contribution in [2.45, 2.75) is 25.7 Å². The normalized spacial score (nSPS) is 31.1. The first kappa shape index (κ1) is 25.9. The lowest BCUT2D eigenvalue weighted by molar-refractivity contribution is -0.136. The number of hydrogen-bond acceptors (Lipinski definition) is 7. The van der Waals surface area contributed by atoms with Crippen LogP contribution in [0, 0.1) is 29.1 Å². The monoisotopic (exact) mass is 543 g/mol. The van der Waals surface area contributed by atoms with E-state index in [0.717, 1.165) is 5.57 Å². The molecular weight excluding hydrogens is 514 g/mol. The number of carbonyl (C=O) groups is 5. The van der Waals surface area contributed by atoms with E-state index in [4.69, 9.17) is 10.5 Å². The molecule has 2 aromatic carbocycles. The maximum absolute atomic E-state index is 14.3. The average Bonchev–Trinajstić information content (AvgIpc) is 3.32. The maximum Gasteiger partial charge on any atom is 0.328 e. The molecule has 0 radical (unpaired) electrons. The lowest BCUT2D eigenvalue weighted by Crippen LogP contribution is -2.49. The van der Waals surface area contributed by atoms with Crippen molar-refractivity contribution in [1.29, 1.82) is 0 Å². The molecule has 6 unspecified atom stereocenters. The summed E-state index contributed by atoms with van der Waals surface area (Å²) < 4.78 is 5.88. The Kier molecular flexibility index (Phi) is 6.10. The number of aliphatic hydroxyl groups excluding tert-OH is 1. The van der Waals surface area contributed by atoms with Crippen LogP contribution in [0.25, 0.3) is 0 Å². The predicted molar refractivity (Wildman–Crippen MR) is 142 cm³/mol. The van der Waals surface area contributed by atoms with Gasteiger partial charge >= 0.3 is 6.03 Å². The number of fused-ring (bicyclic) bond motifs is 4. The molecule has 1 saturated carbocycles. The van der Waals surface area contributed by atoms with Crippen LogP contribution in [0.5, 0.6) is 5.75 Å². The van der Waals surface area contributed by atoms with Gasteiger partial charge in [0.25, 0.3) is 0 Å². The third-order valence-corrected chi connectivity index (χ3v) is 9.09. The van der Waals surface area contributed by atoms with E-state index >= 15 is 0 Å². The van der Waals surface area contributed by atoms with Gasteiger partial charge in [-0.1, -0.05) is 48.0 Å². The topological polar surface area (TPSA) is 147 Å². The molecule has 6 atom stereocenters. The fourth-order valence-corrected chi connectivity index (χ4v) is 7.41. The van der Waals surface area contributed by atoms with E-state index in [2.05, 4.69) is 0 Å². The summed E-state index contributed by atoms with van der Waals surface area (Å²) in [5.74, 6) is -5.24. The van der Waals surface area contributed by atoms with Crippen LogP contribution < -0.4 is 15.4 Å². The Morgan fingerprint density at radius 2 is 1.70 bits per heavy atom. The number of likely N-dealkylation sites (tertiary alicyclic amines) is 1. The Balaban J connectivity index is 1.54. The van der Waals surface area contributed by atoms with Crippen LogP contribution in [0.3, 0.4) is 0 Å². The molecule has 2 heterocycles. The molecule has 6 amide bonds. The number of primary amides is 1. The molecule has 2 saturated heterocycles. The minimum absolute atomic E-state index is 0.0284. The zero-order valence-corrected chi connectivity index (χ0v) is 21.9. The van der Waals surface area contributed by atoms with Gasteiger partial charge in [0.2, 0.25) is 23.6 Å². The van der Waals surface area contributed by atoms with Crippen molar-refractivity contribution in [2.24, 2.45) is 34.8 Å². The minimum atomic E-state index is -1.23. The van der Waals surface area contributed by atoms with Crippen LogP contribution in [0.2, 0.25) is 0 Å². The van der Waals surface area contributed by atoms with E-state index in [0.29, 0.717) is 21.9 Å². The molecule has 2 aliphatic heterocycles. The number of para-hydroxylation sites is 2. The number of carbonyl (C=O) groups excluding carboxylic acids is 5. The first-order chi connectivity index (χ1) is 19.2. The SMILES string of the molecule is CC12C(=O)N(c3ccccc3)C(=O)C1CC1C(=CCC3C(=O)N(C(N)=O)C(=O)C31)C2c1ccccc1OCCO. The van der Waals surface area contributed by atoms with Crippen LogP contribution >= 0.6 is 0 Å². The van der Waals surface area contributed by atoms with Crippen molar-refractivity contribution in [1.82, 2.24) is 4.90 Å². The van der Waals surface area contributed by atoms with Gasteiger partial charge in [-0.25, -0.2) is 9.69 Å². The third kappa shape index (κ3) is 3.48. The standard InChI is InChI=1S/C30H29N3O7/c1-30-21(26(36)32(28(30)38)16-7-3-2-4-8-16)15-20-17(24(30)18-9-5-6-10-22(18)40-14-13-34)11-12-19-23(20)27(37)33(25(19)35)29(31)39/h2-11,19-21,23-24,34H,12-15H2,1H3,(H2,31,39). The van der Waals surface area contributed by atoms with E-state index in [9.17, 15) is 29.1 Å². The number of imide groups is 4. The summed E-state index contributed by atoms with van der Waals surface area (Å²) in [5.41, 5.74) is 6.05. The largest absolute Gasteiger partial charge is 0.491 e. The van der Waals surface area contributed by atoms with Gasteiger partial charge in [-0.2, -0.15) is 4.90 Å². The number of nitrogens with two attached hydrogens (primary N) is 1. The van der Waals surface area contributed by atoms with Crippen molar-refractivity contribution in [2.75, 3.05) is 18.1 Å². The van der Waals surface area contributed by atoms with Gasteiger partial charge in [-0.15, -0.1) is 0 Å². The summed E-state index contributed by atoms with van der Waals surface area (Å²) in [5, 5.41) is 9.43. The molecule has 10 heteroatoms. The molecule has 3 fully saturated rings. The van der Waals surface area contributed by atoms with Crippen LogP contribution in [0.4, 0.5) is 10.5 Å². The molecule has 0 bridgehead atoms. The minimum Gasteiger partial charge on any atom is -0.491 e. The van der Waals surface area contributed by atoms with Crippen molar-refractivity contribution in [3.05, 3.63) is 71.8 Å². The van der Waals surface area contributed by atoms with Crippen molar-refractivity contribution >= 4 is 35.3 Å². The summed E-state index contributed by atoms with van der Waals surface area (Å²) in [6.07, 6.45) is 2.25. The second-order valence-corrected chi connectivity index (χ2v) is 11.0. The van der Waals surface area contributed by atoms with Crippen molar-refractivity contribution in [3.8, 4) is 5.75 Å². The second-order valence-electron chi connectivity index (χ2n) is 11.0. The lowest BCUT2D eigenvalue weighted by atomic mass is 9.51. The zero-order valence-electron chi connectivity index (χ0n) is 21.9. The molecule has 10 nitrogen and oxygen atoms in total. The lowest BCUT2D eigenvalue weighted by Gasteiger charge is -2.49. The van der Waals surface area contributed by atoms with Crippen LogP contribution in [-0.2, 0) is 19.2 Å². The summed E-state index contributed by atoms with van der Waals surface area (Å²) in [4.78, 5) is 68.7. The highest BCUT2D eigenvalue weighted by molar-refractivity contribution is 6.24. The highest BCUT2D eigenvalue weighted by Crippen LogP contribution is 2.64. The van der Waals surface area contributed by atoms with Gasteiger partial charge in [0, 0.05) is 11.5 Å². The van der Waals surface area contributed by atoms with Gasteiger partial charge in [0.05, 0.1) is 35.5 Å². The number of rotatable bonds is 5. The molecule has 4 aliphatic rings. The number of anilines is 1. The Morgan fingerprint density at radius 3 is 2.40 bits per heavy atom. The molecule has 6 rings (SSSR count). The number of aliphatic hydroxyl groups is 1. The highest BCUT2D eigenvalue weighted by Gasteiger charge is 2.68. The number of amides is 6. The average molecular weight is 544 g/mol. The summed E-state index contributed by atoms with van der Waals surface area (Å²) >= 11 is 0. The van der Waals surface area contributed by atoms with E-state index in [1.807, 2.05) is 18.2 Å². The van der Waals surface area contributed by atoms with Gasteiger partial charge < -0.3 is 15.6 Å². The fraction of sp³-hybridized carbons (Fsp3) is 0.367. The van der Waals surface area contributed by atoms with Gasteiger partial charge in [-0.3, -0.25) is 19.2 Å². The Labute approximate surface area is 230 Å². The number of benzene rings is 2. The molecular formula is C30H29N3O7. The number of urea groups is 1. The van der Waals surface area contributed by atoms with Crippen LogP contribution in [0.15, 0.2) is 66.2 Å². The number of nitrogens with zero attached hydrogens (tertiary/aromatic N) is 2. The van der Waals surface area contributed by atoms with Gasteiger partial charge in [0.15, 0.2) is 0 Å². The summed E-state index contributed by atoms with van der Waals surface area (Å²) in [6, 6.07) is 14.8. The number of hydrogen-bond donors (Lipinski definition) is 2. The summed E-state index contributed by atoms with van der Waals surface area (Å²) in [7, 11) is 0. The molecule has 206 valence electrons. The Bertz CT molecular complexity index is 1470. The van der Waals surface area contributed by atoms with Crippen molar-refractivity contribution in [3.63, 3.8) is 0 Å². The molecule has 3 N–H and O–H groups in total. The quantitative estimate of drug-likeness (QED) is 0.435. The smallest absolute Gasteiger partial charge is 0.328 e. The molecule has 0 spiro atoms. The predicted octanol–water partition coefficient (Wildman–Crippen LogP) is 2.37. The van der Waals surface area contributed by atoms with Crippen LogP contribution in [-0.4, -0.2) is 52.9 Å². The van der Waals surface area contributed by atoms with E-state index in [1.165, 1.54) is 4.90 Å². The van der Waals surface area contributed by atoms with Crippen molar-refractivity contribution < 1.29 is 33.8 Å². The van der Waals surface area contributed by atoms with E-state index in [1.54, 1.807) is 49.4 Å². The molecule has 0 aromatic heterocycles. The first-order valence-electron chi connectivity index (χ1n) is 13.3. The molecule has 40 heavy (non-hydrogen) atoms. The van der Waals surface area contributed by atoms with Crippen LogP contribution in [0.1, 0.15) is 31.2 Å². The van der Waals surface area contributed by atoms with Gasteiger partial charge in [-0.05, 0) is 43.9 Å². The summed E-state index contributed by atoms with van der Waals surface area (Å²) in [6.45, 7) is 1.60. The van der Waals surface area contributed by atoms with Gasteiger partial charge in [0.1, 0.15) is 12.4 Å². The van der Waals surface area contributed by atoms with E-state index in [-0.39, 0.29) is 37.9 Å². The Hall–Kier alpha value is -4.31. The number of allylic oxidation sites excluding steroid dienone is 2. The first-order valence-corrected chi connectivity index (χ1v) is 13.3. The zero-order chi connectivity index (χ0) is 28.3. The number of ether oxygens (including phenoxy) is 1. The molecule has 2 aliphatic carbocycles. The molecule has 2 aromatic rings. The second kappa shape index (κ2) is 9.41. The maximum atomic E-state index is 14.3. The fourth-order valence-electron chi connectivity index (χ4n) is 7.41. The van der Waals surface area contributed by atoms with E-state index < -0.39 is 52.8 Å². The Morgan fingerprint density at radius 1 is 1.00 bits per heavy atom.